The van der Waals surface area contributed by atoms with Crippen LogP contribution >= 0.6 is 23.5 Å². The van der Waals surface area contributed by atoms with Gasteiger partial charge in [-0.25, -0.2) is 0 Å². The molecule has 4 bridgehead atoms. The molecule has 8 aromatic carbocycles. The van der Waals surface area contributed by atoms with Crippen molar-refractivity contribution in [2.45, 2.75) is 23.0 Å². The summed E-state index contributed by atoms with van der Waals surface area (Å²) in [4.78, 5) is 0. The molecule has 8 aromatic rings. The highest BCUT2D eigenvalue weighted by atomic mass is 32.2. The predicted octanol–water partition coefficient (Wildman–Crippen LogP) is 11.8. The van der Waals surface area contributed by atoms with Crippen LogP contribution < -0.4 is 0 Å². The average molecular weight is 573 g/mol. The Balaban J connectivity index is 1.31. The molecule has 2 aliphatic heterocycles. The normalized spacial score (nSPS) is 14.1. The van der Waals surface area contributed by atoms with E-state index in [1.54, 1.807) is 0 Å². The van der Waals surface area contributed by atoms with Gasteiger partial charge >= 0.3 is 0 Å². The summed E-state index contributed by atoms with van der Waals surface area (Å²) in [5.74, 6) is 3.95. The van der Waals surface area contributed by atoms with E-state index in [1.165, 1.54) is 86.9 Å². The maximum Gasteiger partial charge on any atom is 0.0194 e. The number of hydrogen-bond donors (Lipinski definition) is 0. The summed E-state index contributed by atoms with van der Waals surface area (Å²) in [7, 11) is 0. The van der Waals surface area contributed by atoms with Crippen LogP contribution in [0.2, 0.25) is 0 Å². The highest BCUT2D eigenvalue weighted by Gasteiger charge is 2.18. The van der Waals surface area contributed by atoms with Gasteiger partial charge in [0.05, 0.1) is 0 Å². The minimum Gasteiger partial charge on any atom is -0.152 e. The van der Waals surface area contributed by atoms with Crippen LogP contribution in [-0.2, 0) is 23.0 Å². The second-order valence-electron chi connectivity index (χ2n) is 11.4. The van der Waals surface area contributed by atoms with Crippen LogP contribution in [0, 0.1) is 0 Å². The highest BCUT2D eigenvalue weighted by molar-refractivity contribution is 7.98. The molecule has 2 heteroatoms. The average Bonchev–Trinajstić information content (AvgIpc) is 3.05. The molecule has 0 spiro atoms. The number of fused-ring (bicyclic) bond motifs is 14. The topological polar surface area (TPSA) is 0 Å². The fourth-order valence-electron chi connectivity index (χ4n) is 7.38. The second-order valence-corrected chi connectivity index (χ2v) is 13.4. The molecule has 0 aliphatic carbocycles. The summed E-state index contributed by atoms with van der Waals surface area (Å²) in [5.41, 5.74) is 5.77. The summed E-state index contributed by atoms with van der Waals surface area (Å²) in [6.07, 6.45) is 0. The van der Waals surface area contributed by atoms with E-state index >= 15 is 0 Å². The third kappa shape index (κ3) is 3.65. The van der Waals surface area contributed by atoms with Crippen molar-refractivity contribution in [1.29, 1.82) is 0 Å². The SMILES string of the molecule is c1ccc2c(c1)c1ccccc1c1c3ccc(c21)CSCc1ccc(c2c4ccccc4c4ccccc4c12)CSC3. The first-order valence-electron chi connectivity index (χ1n) is 14.7. The van der Waals surface area contributed by atoms with Crippen LogP contribution in [0.15, 0.2) is 121 Å². The molecule has 2 heterocycles. The number of benzene rings is 8. The molecule has 0 radical (unpaired) electrons. The molecule has 0 amide bonds. The molecule has 42 heavy (non-hydrogen) atoms. The fraction of sp³-hybridized carbons (Fsp3) is 0.100. The molecular formula is C40H28S2. The summed E-state index contributed by atoms with van der Waals surface area (Å²) < 4.78 is 0. The van der Waals surface area contributed by atoms with Gasteiger partial charge in [-0.1, -0.05) is 121 Å². The van der Waals surface area contributed by atoms with Crippen molar-refractivity contribution >= 4 is 88.2 Å². The Morgan fingerprint density at radius 3 is 0.714 bits per heavy atom. The quantitative estimate of drug-likeness (QED) is 0.166. The zero-order chi connectivity index (χ0) is 27.6. The Morgan fingerprint density at radius 2 is 0.476 bits per heavy atom. The van der Waals surface area contributed by atoms with E-state index in [4.69, 9.17) is 0 Å². The lowest BCUT2D eigenvalue weighted by Gasteiger charge is -2.20. The van der Waals surface area contributed by atoms with Gasteiger partial charge in [0, 0.05) is 23.0 Å². The van der Waals surface area contributed by atoms with Crippen LogP contribution in [0.25, 0.3) is 64.6 Å². The van der Waals surface area contributed by atoms with Crippen molar-refractivity contribution in [2.24, 2.45) is 0 Å². The number of rotatable bonds is 0. The maximum atomic E-state index is 2.42. The molecular weight excluding hydrogens is 545 g/mol. The smallest absolute Gasteiger partial charge is 0.0194 e. The Morgan fingerprint density at radius 1 is 0.262 bits per heavy atom. The van der Waals surface area contributed by atoms with Crippen molar-refractivity contribution in [3.05, 3.63) is 144 Å². The molecule has 0 saturated carbocycles. The van der Waals surface area contributed by atoms with Crippen LogP contribution in [0.3, 0.4) is 0 Å². The number of hydrogen-bond acceptors (Lipinski definition) is 2. The van der Waals surface area contributed by atoms with E-state index in [0.717, 1.165) is 23.0 Å². The molecule has 0 aromatic heterocycles. The van der Waals surface area contributed by atoms with E-state index in [1.807, 2.05) is 23.5 Å². The lowest BCUT2D eigenvalue weighted by Crippen LogP contribution is -1.97. The van der Waals surface area contributed by atoms with Gasteiger partial charge in [-0.05, 0) is 86.9 Å². The second kappa shape index (κ2) is 9.80. The maximum absolute atomic E-state index is 2.42. The van der Waals surface area contributed by atoms with Gasteiger partial charge in [-0.15, -0.1) is 0 Å². The van der Waals surface area contributed by atoms with Crippen LogP contribution in [-0.4, -0.2) is 0 Å². The van der Waals surface area contributed by atoms with E-state index in [0.29, 0.717) is 0 Å². The summed E-state index contributed by atoms with van der Waals surface area (Å²) in [5, 5.41) is 16.7. The first kappa shape index (κ1) is 24.6. The van der Waals surface area contributed by atoms with Crippen molar-refractivity contribution in [3.8, 4) is 0 Å². The van der Waals surface area contributed by atoms with E-state index < -0.39 is 0 Å². The molecule has 0 saturated heterocycles. The number of thioether (sulfide) groups is 2. The Hall–Kier alpha value is -3.98. The Kier molecular flexibility index (Phi) is 5.74. The monoisotopic (exact) mass is 572 g/mol. The standard InChI is InChI=1S/C40H28S2/c1-5-13-33-29(9-1)30-10-2-6-14-34(30)38-26-18-17-25(37(33)38)21-41-23-27-19-20-28(24-42-22-26)40-36-16-8-4-12-32(36)31-11-3-7-15-35(31)39(27)40/h1-20H,21-24H2. The van der Waals surface area contributed by atoms with Gasteiger partial charge in [-0.3, -0.25) is 0 Å². The molecule has 0 atom stereocenters. The van der Waals surface area contributed by atoms with Gasteiger partial charge in [0.15, 0.2) is 0 Å². The van der Waals surface area contributed by atoms with Crippen molar-refractivity contribution in [3.63, 3.8) is 0 Å². The van der Waals surface area contributed by atoms with Gasteiger partial charge < -0.3 is 0 Å². The largest absolute Gasteiger partial charge is 0.152 e. The third-order valence-corrected chi connectivity index (χ3v) is 11.2. The van der Waals surface area contributed by atoms with Gasteiger partial charge in [-0.2, -0.15) is 23.5 Å². The first-order valence-corrected chi connectivity index (χ1v) is 17.0. The zero-order valence-electron chi connectivity index (χ0n) is 23.2. The van der Waals surface area contributed by atoms with E-state index in [-0.39, 0.29) is 0 Å². The van der Waals surface area contributed by atoms with E-state index in [9.17, 15) is 0 Å². The highest BCUT2D eigenvalue weighted by Crippen LogP contribution is 2.44. The van der Waals surface area contributed by atoms with Crippen molar-refractivity contribution < 1.29 is 0 Å². The molecule has 10 rings (SSSR count). The van der Waals surface area contributed by atoms with Crippen LogP contribution in [0.1, 0.15) is 22.3 Å². The lowest BCUT2D eigenvalue weighted by molar-refractivity contribution is 1.36. The molecule has 0 unspecified atom stereocenters. The zero-order valence-corrected chi connectivity index (χ0v) is 24.8. The minimum absolute atomic E-state index is 0.987. The van der Waals surface area contributed by atoms with Crippen LogP contribution in [0.4, 0.5) is 0 Å². The van der Waals surface area contributed by atoms with Gasteiger partial charge in [0.25, 0.3) is 0 Å². The summed E-state index contributed by atoms with van der Waals surface area (Å²) >= 11 is 4.10. The summed E-state index contributed by atoms with van der Waals surface area (Å²) in [6, 6.07) is 45.8. The molecule has 0 fully saturated rings. The molecule has 0 N–H and O–H groups in total. The summed E-state index contributed by atoms with van der Waals surface area (Å²) in [6.45, 7) is 0. The van der Waals surface area contributed by atoms with Gasteiger partial charge in [0.2, 0.25) is 0 Å². The van der Waals surface area contributed by atoms with Crippen molar-refractivity contribution in [1.82, 2.24) is 0 Å². The molecule has 200 valence electrons. The van der Waals surface area contributed by atoms with E-state index in [2.05, 4.69) is 121 Å². The molecule has 2 aliphatic rings. The predicted molar refractivity (Wildman–Crippen MR) is 188 cm³/mol. The fourth-order valence-corrected chi connectivity index (χ4v) is 9.42. The van der Waals surface area contributed by atoms with Crippen molar-refractivity contribution in [2.75, 3.05) is 0 Å². The third-order valence-electron chi connectivity index (χ3n) is 9.15. The van der Waals surface area contributed by atoms with Crippen LogP contribution in [0.5, 0.6) is 0 Å². The Labute approximate surface area is 253 Å². The first-order chi connectivity index (χ1) is 20.9. The van der Waals surface area contributed by atoms with Gasteiger partial charge in [0.1, 0.15) is 0 Å². The lowest BCUT2D eigenvalue weighted by atomic mass is 9.89. The Bertz CT molecular complexity index is 2030. The molecule has 0 nitrogen and oxygen atoms in total. The minimum atomic E-state index is 0.987.